The van der Waals surface area contributed by atoms with Crippen molar-refractivity contribution in [1.29, 1.82) is 0 Å². The van der Waals surface area contributed by atoms with E-state index in [4.69, 9.17) is 33.8 Å². The fourth-order valence-electron chi connectivity index (χ4n) is 2.71. The molecule has 2 unspecified atom stereocenters. The van der Waals surface area contributed by atoms with Crippen molar-refractivity contribution in [2.24, 2.45) is 5.84 Å². The summed E-state index contributed by atoms with van der Waals surface area (Å²) in [4.78, 5) is 2.42. The topological polar surface area (TPSA) is 50.5 Å². The minimum atomic E-state index is 0.0573. The lowest BCUT2D eigenvalue weighted by Gasteiger charge is -2.36. The summed E-state index contributed by atoms with van der Waals surface area (Å²) in [5.41, 5.74) is 3.99. The average molecular weight is 332 g/mol. The maximum Gasteiger partial charge on any atom is 0.0871 e. The minimum absolute atomic E-state index is 0.0573. The van der Waals surface area contributed by atoms with E-state index in [1.54, 1.807) is 0 Å². The number of hydrogen-bond donors (Lipinski definition) is 2. The van der Waals surface area contributed by atoms with E-state index in [0.29, 0.717) is 10.0 Å². The number of halogens is 2. The zero-order valence-corrected chi connectivity index (χ0v) is 13.8. The predicted molar refractivity (Wildman–Crippen MR) is 87.7 cm³/mol. The number of nitrogens with one attached hydrogen (secondary N) is 1. The Hall–Kier alpha value is -0.360. The van der Waals surface area contributed by atoms with Gasteiger partial charge in [-0.05, 0) is 37.1 Å². The van der Waals surface area contributed by atoms with Crippen LogP contribution in [-0.2, 0) is 11.2 Å². The molecule has 0 aromatic heterocycles. The lowest BCUT2D eigenvalue weighted by atomic mass is 10.0. The largest absolute Gasteiger partial charge is 0.374 e. The third kappa shape index (κ3) is 4.81. The van der Waals surface area contributed by atoms with Crippen LogP contribution < -0.4 is 11.3 Å². The van der Waals surface area contributed by atoms with Gasteiger partial charge < -0.3 is 4.74 Å². The molecule has 0 aliphatic carbocycles. The monoisotopic (exact) mass is 331 g/mol. The molecule has 2 atom stereocenters. The van der Waals surface area contributed by atoms with Gasteiger partial charge in [0, 0.05) is 13.1 Å². The van der Waals surface area contributed by atoms with Crippen LogP contribution in [0.1, 0.15) is 18.9 Å². The standard InChI is InChI=1S/C15H23Cl2N3O/c1-2-5-20-6-7-21-15(10-20)14(19-18)9-11-3-4-12(16)13(17)8-11/h3-4,8,14-15,19H,2,5-7,9-10,18H2,1H3. The van der Waals surface area contributed by atoms with Gasteiger partial charge in [-0.3, -0.25) is 16.2 Å². The van der Waals surface area contributed by atoms with Gasteiger partial charge in [0.2, 0.25) is 0 Å². The Morgan fingerprint density at radius 1 is 1.43 bits per heavy atom. The molecule has 1 aliphatic heterocycles. The van der Waals surface area contributed by atoms with Crippen LogP contribution in [0.3, 0.4) is 0 Å². The second-order valence-electron chi connectivity index (χ2n) is 5.44. The van der Waals surface area contributed by atoms with Crippen LogP contribution in [0.4, 0.5) is 0 Å². The molecule has 0 bridgehead atoms. The molecule has 1 saturated heterocycles. The van der Waals surface area contributed by atoms with Gasteiger partial charge in [-0.2, -0.15) is 0 Å². The van der Waals surface area contributed by atoms with Crippen molar-refractivity contribution < 1.29 is 4.74 Å². The van der Waals surface area contributed by atoms with Crippen molar-refractivity contribution in [1.82, 2.24) is 10.3 Å². The number of hydrazine groups is 1. The Balaban J connectivity index is 1.99. The summed E-state index contributed by atoms with van der Waals surface area (Å²) in [7, 11) is 0. The van der Waals surface area contributed by atoms with E-state index in [0.717, 1.165) is 44.6 Å². The normalized spacial score (nSPS) is 21.4. The third-order valence-corrected chi connectivity index (χ3v) is 4.56. The molecule has 118 valence electrons. The van der Waals surface area contributed by atoms with Crippen LogP contribution in [0.25, 0.3) is 0 Å². The Labute approximate surface area is 136 Å². The Morgan fingerprint density at radius 3 is 2.90 bits per heavy atom. The average Bonchev–Trinajstić information content (AvgIpc) is 2.49. The van der Waals surface area contributed by atoms with Crippen LogP contribution in [0.5, 0.6) is 0 Å². The molecular weight excluding hydrogens is 309 g/mol. The van der Waals surface area contributed by atoms with Crippen LogP contribution >= 0.6 is 23.2 Å². The molecule has 1 heterocycles. The van der Waals surface area contributed by atoms with E-state index in [-0.39, 0.29) is 12.1 Å². The molecule has 4 nitrogen and oxygen atoms in total. The van der Waals surface area contributed by atoms with Gasteiger partial charge in [-0.25, -0.2) is 0 Å². The zero-order valence-electron chi connectivity index (χ0n) is 12.3. The quantitative estimate of drug-likeness (QED) is 0.621. The summed E-state index contributed by atoms with van der Waals surface area (Å²) in [5, 5.41) is 1.14. The van der Waals surface area contributed by atoms with Gasteiger partial charge in [-0.1, -0.05) is 36.2 Å². The van der Waals surface area contributed by atoms with Crippen molar-refractivity contribution in [3.05, 3.63) is 33.8 Å². The molecule has 21 heavy (non-hydrogen) atoms. The first-order valence-corrected chi connectivity index (χ1v) is 8.13. The van der Waals surface area contributed by atoms with Crippen molar-refractivity contribution in [3.63, 3.8) is 0 Å². The maximum absolute atomic E-state index is 6.07. The van der Waals surface area contributed by atoms with Crippen molar-refractivity contribution in [2.45, 2.75) is 31.9 Å². The van der Waals surface area contributed by atoms with E-state index in [9.17, 15) is 0 Å². The molecule has 0 amide bonds. The molecule has 1 aromatic rings. The first-order chi connectivity index (χ1) is 10.1. The van der Waals surface area contributed by atoms with Crippen molar-refractivity contribution in [3.8, 4) is 0 Å². The number of nitrogens with two attached hydrogens (primary N) is 1. The fourth-order valence-corrected chi connectivity index (χ4v) is 3.03. The first kappa shape index (κ1) is 17.0. The lowest BCUT2D eigenvalue weighted by Crippen LogP contribution is -2.54. The number of benzene rings is 1. The lowest BCUT2D eigenvalue weighted by molar-refractivity contribution is -0.0462. The van der Waals surface area contributed by atoms with Crippen LogP contribution in [0.2, 0.25) is 10.0 Å². The number of rotatable bonds is 6. The zero-order chi connectivity index (χ0) is 15.2. The van der Waals surface area contributed by atoms with E-state index in [1.807, 2.05) is 18.2 Å². The molecule has 6 heteroatoms. The first-order valence-electron chi connectivity index (χ1n) is 7.38. The Morgan fingerprint density at radius 2 is 2.24 bits per heavy atom. The van der Waals surface area contributed by atoms with Crippen molar-refractivity contribution in [2.75, 3.05) is 26.2 Å². The summed E-state index contributed by atoms with van der Waals surface area (Å²) in [6.45, 7) is 5.95. The summed E-state index contributed by atoms with van der Waals surface area (Å²) >= 11 is 12.0. The SMILES string of the molecule is CCCN1CCOC(C(Cc2ccc(Cl)c(Cl)c2)NN)C1. The van der Waals surface area contributed by atoms with Crippen molar-refractivity contribution >= 4 is 23.2 Å². The molecule has 0 saturated carbocycles. The number of ether oxygens (including phenoxy) is 1. The van der Waals surface area contributed by atoms with E-state index in [2.05, 4.69) is 17.2 Å². The van der Waals surface area contributed by atoms with Gasteiger partial charge in [0.05, 0.1) is 28.8 Å². The maximum atomic E-state index is 6.07. The van der Waals surface area contributed by atoms with Crippen LogP contribution in [0, 0.1) is 0 Å². The highest BCUT2D eigenvalue weighted by atomic mass is 35.5. The Kier molecular flexibility index (Phi) is 6.74. The van der Waals surface area contributed by atoms with Crippen LogP contribution in [-0.4, -0.2) is 43.3 Å². The second-order valence-corrected chi connectivity index (χ2v) is 6.25. The number of morpholine rings is 1. The summed E-state index contributed by atoms with van der Waals surface area (Å²) in [6.07, 6.45) is 2.00. The second kappa shape index (κ2) is 8.32. The summed E-state index contributed by atoms with van der Waals surface area (Å²) in [6, 6.07) is 5.74. The molecule has 0 radical (unpaired) electrons. The van der Waals surface area contributed by atoms with E-state index in [1.165, 1.54) is 0 Å². The molecule has 1 aromatic carbocycles. The summed E-state index contributed by atoms with van der Waals surface area (Å²) < 4.78 is 5.89. The van der Waals surface area contributed by atoms with Gasteiger partial charge >= 0.3 is 0 Å². The molecule has 3 N–H and O–H groups in total. The third-order valence-electron chi connectivity index (χ3n) is 3.82. The smallest absolute Gasteiger partial charge is 0.0871 e. The van der Waals surface area contributed by atoms with E-state index < -0.39 is 0 Å². The number of hydrogen-bond acceptors (Lipinski definition) is 4. The van der Waals surface area contributed by atoms with Gasteiger partial charge in [0.1, 0.15) is 0 Å². The molecule has 1 aliphatic rings. The number of nitrogens with zero attached hydrogens (tertiary/aromatic N) is 1. The highest BCUT2D eigenvalue weighted by Gasteiger charge is 2.27. The summed E-state index contributed by atoms with van der Waals surface area (Å²) in [5.74, 6) is 5.73. The van der Waals surface area contributed by atoms with Gasteiger partial charge in [0.25, 0.3) is 0 Å². The predicted octanol–water partition coefficient (Wildman–Crippen LogP) is 2.48. The fraction of sp³-hybridized carbons (Fsp3) is 0.600. The van der Waals surface area contributed by atoms with E-state index >= 15 is 0 Å². The molecular formula is C15H23Cl2N3O. The molecule has 1 fully saturated rings. The van der Waals surface area contributed by atoms with Gasteiger partial charge in [-0.15, -0.1) is 0 Å². The minimum Gasteiger partial charge on any atom is -0.374 e. The Bertz CT molecular complexity index is 457. The molecule has 2 rings (SSSR count). The highest BCUT2D eigenvalue weighted by Crippen LogP contribution is 2.24. The van der Waals surface area contributed by atoms with Crippen LogP contribution in [0.15, 0.2) is 18.2 Å². The molecule has 0 spiro atoms. The van der Waals surface area contributed by atoms with Gasteiger partial charge in [0.15, 0.2) is 0 Å². The highest BCUT2D eigenvalue weighted by molar-refractivity contribution is 6.42.